The number of rotatable bonds is 4. The van der Waals surface area contributed by atoms with Crippen LogP contribution in [0.25, 0.3) is 11.0 Å². The van der Waals surface area contributed by atoms with Gasteiger partial charge < -0.3 is 19.4 Å². The summed E-state index contributed by atoms with van der Waals surface area (Å²) in [5.74, 6) is 1.28. The number of amides is 2. The number of nitrogens with one attached hydrogen (secondary N) is 1. The molecular weight excluding hydrogens is 344 g/mol. The molecule has 1 aromatic heterocycles. The van der Waals surface area contributed by atoms with Crippen LogP contribution in [0.2, 0.25) is 0 Å². The molecule has 0 spiro atoms. The lowest BCUT2D eigenvalue weighted by Gasteiger charge is -2.18. The van der Waals surface area contributed by atoms with Crippen LogP contribution in [0.1, 0.15) is 22.5 Å². The summed E-state index contributed by atoms with van der Waals surface area (Å²) in [6.45, 7) is 2.31. The fraction of sp³-hybridized carbons (Fsp3) is 0.238. The molecule has 27 heavy (non-hydrogen) atoms. The van der Waals surface area contributed by atoms with Crippen molar-refractivity contribution in [2.75, 3.05) is 18.6 Å². The Hall–Kier alpha value is -3.28. The third-order valence-corrected chi connectivity index (χ3v) is 4.73. The van der Waals surface area contributed by atoms with E-state index in [-0.39, 0.29) is 24.3 Å². The summed E-state index contributed by atoms with van der Waals surface area (Å²) in [6.07, 6.45) is 0.274. The molecule has 1 fully saturated rings. The molecule has 6 nitrogen and oxygen atoms in total. The monoisotopic (exact) mass is 364 g/mol. The summed E-state index contributed by atoms with van der Waals surface area (Å²) in [5.41, 5.74) is 2.08. The van der Waals surface area contributed by atoms with Crippen LogP contribution in [0.4, 0.5) is 5.69 Å². The molecule has 1 saturated heterocycles. The summed E-state index contributed by atoms with van der Waals surface area (Å²) >= 11 is 0. The Labute approximate surface area is 156 Å². The van der Waals surface area contributed by atoms with Crippen molar-refractivity contribution in [2.24, 2.45) is 0 Å². The van der Waals surface area contributed by atoms with Crippen LogP contribution in [0, 0.1) is 6.92 Å². The number of hydrogen-bond donors (Lipinski definition) is 1. The number of furan rings is 1. The fourth-order valence-corrected chi connectivity index (χ4v) is 3.42. The number of anilines is 1. The highest BCUT2D eigenvalue weighted by Gasteiger charge is 2.32. The maximum absolute atomic E-state index is 12.6. The topological polar surface area (TPSA) is 71.8 Å². The molecule has 0 saturated carbocycles. The maximum atomic E-state index is 12.6. The predicted molar refractivity (Wildman–Crippen MR) is 102 cm³/mol. The van der Waals surface area contributed by atoms with Crippen LogP contribution < -0.4 is 15.0 Å². The number of methoxy groups -OCH3 is 1. The quantitative estimate of drug-likeness (QED) is 0.771. The number of carbonyl (C=O) groups excluding carboxylic acids is 2. The zero-order chi connectivity index (χ0) is 19.0. The van der Waals surface area contributed by atoms with Gasteiger partial charge in [0.15, 0.2) is 0 Å². The molecule has 0 unspecified atom stereocenters. The van der Waals surface area contributed by atoms with Gasteiger partial charge in [-0.15, -0.1) is 0 Å². The Morgan fingerprint density at radius 1 is 1.22 bits per heavy atom. The third kappa shape index (κ3) is 3.38. The molecule has 3 aromatic rings. The summed E-state index contributed by atoms with van der Waals surface area (Å²) in [7, 11) is 1.59. The van der Waals surface area contributed by atoms with Gasteiger partial charge in [-0.2, -0.15) is 0 Å². The minimum atomic E-state index is -0.238. The van der Waals surface area contributed by atoms with E-state index in [1.807, 2.05) is 37.3 Å². The van der Waals surface area contributed by atoms with Gasteiger partial charge in [-0.1, -0.05) is 6.07 Å². The van der Waals surface area contributed by atoms with E-state index in [1.54, 1.807) is 30.2 Å². The average molecular weight is 364 g/mol. The highest BCUT2D eigenvalue weighted by Crippen LogP contribution is 2.26. The van der Waals surface area contributed by atoms with Gasteiger partial charge in [-0.05, 0) is 43.3 Å². The molecule has 2 amide bonds. The van der Waals surface area contributed by atoms with Crippen molar-refractivity contribution in [1.29, 1.82) is 0 Å². The van der Waals surface area contributed by atoms with Crippen molar-refractivity contribution < 1.29 is 18.7 Å². The van der Waals surface area contributed by atoms with E-state index in [0.717, 1.165) is 22.4 Å². The molecule has 1 atom stereocenters. The van der Waals surface area contributed by atoms with Crippen molar-refractivity contribution >= 4 is 28.5 Å². The van der Waals surface area contributed by atoms with Crippen molar-refractivity contribution in [3.63, 3.8) is 0 Å². The Balaban J connectivity index is 1.47. The van der Waals surface area contributed by atoms with Crippen molar-refractivity contribution in [1.82, 2.24) is 5.32 Å². The standard InChI is InChI=1S/C21H20N2O4/c1-13-8-15-9-14(6-7-19(15)27-13)21(25)22-16-10-20(24)23(12-16)17-4-3-5-18(11-17)26-2/h3-9,11,16H,10,12H2,1-2H3,(H,22,25)/t16-/m0/s1. The van der Waals surface area contributed by atoms with Crippen LogP contribution >= 0.6 is 0 Å². The minimum absolute atomic E-state index is 0.0190. The van der Waals surface area contributed by atoms with Gasteiger partial charge in [0, 0.05) is 35.7 Å². The smallest absolute Gasteiger partial charge is 0.251 e. The van der Waals surface area contributed by atoms with Crippen LogP contribution in [0.15, 0.2) is 52.9 Å². The Bertz CT molecular complexity index is 1020. The zero-order valence-electron chi connectivity index (χ0n) is 15.2. The first-order chi connectivity index (χ1) is 13.0. The average Bonchev–Trinajstić information content (AvgIpc) is 3.22. The van der Waals surface area contributed by atoms with Gasteiger partial charge in [0.1, 0.15) is 17.1 Å². The molecule has 6 heteroatoms. The summed E-state index contributed by atoms with van der Waals surface area (Å²) in [4.78, 5) is 26.7. The number of nitrogens with zero attached hydrogens (tertiary/aromatic N) is 1. The number of fused-ring (bicyclic) bond motifs is 1. The number of benzene rings is 2. The second-order valence-corrected chi connectivity index (χ2v) is 6.69. The van der Waals surface area contributed by atoms with Crippen molar-refractivity contribution in [3.8, 4) is 5.75 Å². The molecule has 2 aromatic carbocycles. The first kappa shape index (κ1) is 17.1. The molecule has 0 aliphatic carbocycles. The van der Waals surface area contributed by atoms with E-state index in [0.29, 0.717) is 17.9 Å². The van der Waals surface area contributed by atoms with Gasteiger partial charge in [-0.3, -0.25) is 9.59 Å². The number of hydrogen-bond acceptors (Lipinski definition) is 4. The first-order valence-electron chi connectivity index (χ1n) is 8.79. The van der Waals surface area contributed by atoms with Crippen molar-refractivity contribution in [2.45, 2.75) is 19.4 Å². The summed E-state index contributed by atoms with van der Waals surface area (Å²) in [5, 5.41) is 3.85. The zero-order valence-corrected chi connectivity index (χ0v) is 15.2. The molecule has 138 valence electrons. The second kappa shape index (κ2) is 6.79. The van der Waals surface area contributed by atoms with Crippen LogP contribution in [-0.2, 0) is 4.79 Å². The van der Waals surface area contributed by atoms with Gasteiger partial charge in [0.2, 0.25) is 5.91 Å². The molecule has 1 aliphatic rings. The van der Waals surface area contributed by atoms with E-state index in [4.69, 9.17) is 9.15 Å². The molecular formula is C21H20N2O4. The van der Waals surface area contributed by atoms with E-state index < -0.39 is 0 Å². The highest BCUT2D eigenvalue weighted by molar-refractivity contribution is 6.00. The number of ether oxygens (including phenoxy) is 1. The lowest BCUT2D eigenvalue weighted by atomic mass is 10.1. The minimum Gasteiger partial charge on any atom is -0.497 e. The largest absolute Gasteiger partial charge is 0.497 e. The summed E-state index contributed by atoms with van der Waals surface area (Å²) in [6, 6.07) is 14.3. The van der Waals surface area contributed by atoms with E-state index in [1.165, 1.54) is 0 Å². The second-order valence-electron chi connectivity index (χ2n) is 6.69. The van der Waals surface area contributed by atoms with Gasteiger partial charge >= 0.3 is 0 Å². The van der Waals surface area contributed by atoms with E-state index in [9.17, 15) is 9.59 Å². The summed E-state index contributed by atoms with van der Waals surface area (Å²) < 4.78 is 10.8. The van der Waals surface area contributed by atoms with Crippen LogP contribution in [0.3, 0.4) is 0 Å². The van der Waals surface area contributed by atoms with E-state index in [2.05, 4.69) is 5.32 Å². The third-order valence-electron chi connectivity index (χ3n) is 4.73. The highest BCUT2D eigenvalue weighted by atomic mass is 16.5. The number of carbonyl (C=O) groups is 2. The molecule has 4 rings (SSSR count). The maximum Gasteiger partial charge on any atom is 0.251 e. The normalized spacial score (nSPS) is 16.7. The molecule has 1 N–H and O–H groups in total. The Kier molecular flexibility index (Phi) is 4.32. The first-order valence-corrected chi connectivity index (χ1v) is 8.79. The Morgan fingerprint density at radius 3 is 2.89 bits per heavy atom. The fourth-order valence-electron chi connectivity index (χ4n) is 3.42. The molecule has 2 heterocycles. The van der Waals surface area contributed by atoms with Crippen LogP contribution in [0.5, 0.6) is 5.75 Å². The molecule has 0 bridgehead atoms. The van der Waals surface area contributed by atoms with Gasteiger partial charge in [-0.25, -0.2) is 0 Å². The lowest BCUT2D eigenvalue weighted by Crippen LogP contribution is -2.37. The Morgan fingerprint density at radius 2 is 2.07 bits per heavy atom. The SMILES string of the molecule is COc1cccc(N2C[C@@H](NC(=O)c3ccc4oc(C)cc4c3)CC2=O)c1. The van der Waals surface area contributed by atoms with Gasteiger partial charge in [0.05, 0.1) is 13.2 Å². The van der Waals surface area contributed by atoms with Crippen LogP contribution in [-0.4, -0.2) is 31.5 Å². The van der Waals surface area contributed by atoms with E-state index >= 15 is 0 Å². The molecule has 1 aliphatic heterocycles. The lowest BCUT2D eigenvalue weighted by molar-refractivity contribution is -0.117. The van der Waals surface area contributed by atoms with Crippen molar-refractivity contribution in [3.05, 3.63) is 59.9 Å². The van der Waals surface area contributed by atoms with Gasteiger partial charge in [0.25, 0.3) is 5.91 Å². The predicted octanol–water partition coefficient (Wildman–Crippen LogP) is 3.29. The molecule has 0 radical (unpaired) electrons. The number of aryl methyl sites for hydroxylation is 1.